The maximum absolute atomic E-state index is 12.1. The molecule has 0 unspecified atom stereocenters. The van der Waals surface area contributed by atoms with Gasteiger partial charge in [0.15, 0.2) is 0 Å². The molecule has 5 heteroatoms. The van der Waals surface area contributed by atoms with Crippen LogP contribution in [0.3, 0.4) is 0 Å². The molecule has 0 aliphatic carbocycles. The topological polar surface area (TPSA) is 21.3 Å². The monoisotopic (exact) mass is 291 g/mol. The highest BCUT2D eigenvalue weighted by Gasteiger charge is 2.30. The minimum Gasteiger partial charge on any atom is -0.406 e. The molecule has 2 nitrogen and oxygen atoms in total. The van der Waals surface area contributed by atoms with Crippen LogP contribution in [-0.4, -0.2) is 6.36 Å². The molecule has 0 saturated heterocycles. The summed E-state index contributed by atoms with van der Waals surface area (Å²) in [6.07, 6.45) is -0.778. The third kappa shape index (κ3) is 3.18. The Kier molecular flexibility index (Phi) is 3.33. The highest BCUT2D eigenvalue weighted by atomic mass is 19.4. The van der Waals surface area contributed by atoms with E-state index in [2.05, 4.69) is 10.1 Å². The molecule has 0 fully saturated rings. The molecule has 0 saturated carbocycles. The lowest BCUT2D eigenvalue weighted by Gasteiger charge is -2.14. The number of hydrogen-bond donors (Lipinski definition) is 1. The Morgan fingerprint density at radius 3 is 2.38 bits per heavy atom. The van der Waals surface area contributed by atoms with Gasteiger partial charge < -0.3 is 10.1 Å². The second kappa shape index (κ2) is 5.16. The van der Waals surface area contributed by atoms with E-state index in [0.717, 1.165) is 28.8 Å². The van der Waals surface area contributed by atoms with Crippen molar-refractivity contribution >= 4 is 6.08 Å². The standard InChI is InChI=1S/C16H12F3NO/c17-16(18,19)21-15-5-3-11(4-6-15)13-2-1-12-7-8-20-10-14(12)9-13/h1-9,20H,10H2. The van der Waals surface area contributed by atoms with Crippen molar-refractivity contribution in [1.82, 2.24) is 5.32 Å². The molecule has 0 amide bonds. The second-order valence-corrected chi connectivity index (χ2v) is 4.70. The summed E-state index contributed by atoms with van der Waals surface area (Å²) in [7, 11) is 0. The van der Waals surface area contributed by atoms with E-state index in [0.29, 0.717) is 0 Å². The first-order valence-corrected chi connectivity index (χ1v) is 6.40. The van der Waals surface area contributed by atoms with Crippen LogP contribution in [0.25, 0.3) is 17.2 Å². The van der Waals surface area contributed by atoms with E-state index in [1.807, 2.05) is 30.5 Å². The van der Waals surface area contributed by atoms with Gasteiger partial charge in [-0.05, 0) is 52.7 Å². The first kappa shape index (κ1) is 13.5. The maximum Gasteiger partial charge on any atom is 0.573 e. The number of fused-ring (bicyclic) bond motifs is 1. The largest absolute Gasteiger partial charge is 0.573 e. The fourth-order valence-electron chi connectivity index (χ4n) is 2.27. The number of halogens is 3. The van der Waals surface area contributed by atoms with Gasteiger partial charge in [-0.3, -0.25) is 0 Å². The second-order valence-electron chi connectivity index (χ2n) is 4.70. The molecule has 2 aromatic carbocycles. The third-order valence-electron chi connectivity index (χ3n) is 3.24. The van der Waals surface area contributed by atoms with E-state index >= 15 is 0 Å². The molecule has 0 spiro atoms. The average Bonchev–Trinajstić information content (AvgIpc) is 2.46. The fraction of sp³-hybridized carbons (Fsp3) is 0.125. The van der Waals surface area contributed by atoms with Crippen LogP contribution in [0, 0.1) is 0 Å². The van der Waals surface area contributed by atoms with Gasteiger partial charge in [0.25, 0.3) is 0 Å². The fourth-order valence-corrected chi connectivity index (χ4v) is 2.27. The van der Waals surface area contributed by atoms with E-state index in [1.165, 1.54) is 12.1 Å². The summed E-state index contributed by atoms with van der Waals surface area (Å²) in [5.74, 6) is -0.214. The minimum atomic E-state index is -4.66. The third-order valence-corrected chi connectivity index (χ3v) is 3.24. The Morgan fingerprint density at radius 2 is 1.67 bits per heavy atom. The molecule has 1 aliphatic heterocycles. The van der Waals surface area contributed by atoms with Gasteiger partial charge in [0.05, 0.1) is 0 Å². The van der Waals surface area contributed by atoms with Crippen molar-refractivity contribution < 1.29 is 17.9 Å². The van der Waals surface area contributed by atoms with Crippen molar-refractivity contribution in [3.8, 4) is 16.9 Å². The molecule has 0 radical (unpaired) electrons. The normalized spacial score (nSPS) is 13.5. The van der Waals surface area contributed by atoms with Gasteiger partial charge in [0.1, 0.15) is 5.75 Å². The van der Waals surface area contributed by atoms with Crippen LogP contribution in [0.4, 0.5) is 13.2 Å². The maximum atomic E-state index is 12.1. The Labute approximate surface area is 119 Å². The molecular formula is C16H12F3NO. The van der Waals surface area contributed by atoms with Crippen LogP contribution in [-0.2, 0) is 6.54 Å². The molecule has 21 heavy (non-hydrogen) atoms. The summed E-state index contributed by atoms with van der Waals surface area (Å²) in [5.41, 5.74) is 4.12. The van der Waals surface area contributed by atoms with Gasteiger partial charge in [-0.15, -0.1) is 13.2 Å². The number of alkyl halides is 3. The van der Waals surface area contributed by atoms with Crippen LogP contribution >= 0.6 is 0 Å². The zero-order valence-electron chi connectivity index (χ0n) is 10.9. The number of rotatable bonds is 2. The Morgan fingerprint density at radius 1 is 0.952 bits per heavy atom. The molecule has 0 atom stereocenters. The Hall–Kier alpha value is -2.43. The van der Waals surface area contributed by atoms with Gasteiger partial charge in [-0.1, -0.05) is 24.3 Å². The predicted molar refractivity (Wildman–Crippen MR) is 74.4 cm³/mol. The molecular weight excluding hydrogens is 279 g/mol. The zero-order chi connectivity index (χ0) is 14.9. The SMILES string of the molecule is FC(F)(F)Oc1ccc(-c2ccc3c(c2)CNC=C3)cc1. The quantitative estimate of drug-likeness (QED) is 0.889. The van der Waals surface area contributed by atoms with E-state index in [1.54, 1.807) is 12.1 Å². The average molecular weight is 291 g/mol. The summed E-state index contributed by atoms with van der Waals surface area (Å²) in [4.78, 5) is 0. The van der Waals surface area contributed by atoms with Crippen LogP contribution < -0.4 is 10.1 Å². The van der Waals surface area contributed by atoms with Crippen molar-refractivity contribution in [3.05, 3.63) is 59.8 Å². The lowest BCUT2D eigenvalue weighted by atomic mass is 9.98. The van der Waals surface area contributed by atoms with Crippen molar-refractivity contribution in [2.45, 2.75) is 12.9 Å². The smallest absolute Gasteiger partial charge is 0.406 e. The van der Waals surface area contributed by atoms with Crippen LogP contribution in [0.2, 0.25) is 0 Å². The molecule has 1 N–H and O–H groups in total. The summed E-state index contributed by atoms with van der Waals surface area (Å²) in [6.45, 7) is 0.745. The number of nitrogens with one attached hydrogen (secondary N) is 1. The van der Waals surface area contributed by atoms with Crippen molar-refractivity contribution in [2.75, 3.05) is 0 Å². The van der Waals surface area contributed by atoms with Gasteiger partial charge in [-0.25, -0.2) is 0 Å². The highest BCUT2D eigenvalue weighted by molar-refractivity contribution is 5.69. The zero-order valence-corrected chi connectivity index (χ0v) is 10.9. The lowest BCUT2D eigenvalue weighted by molar-refractivity contribution is -0.274. The molecule has 3 rings (SSSR count). The van der Waals surface area contributed by atoms with Crippen LogP contribution in [0.15, 0.2) is 48.7 Å². The van der Waals surface area contributed by atoms with Gasteiger partial charge in [0, 0.05) is 6.54 Å². The number of benzene rings is 2. The molecule has 0 bridgehead atoms. The summed E-state index contributed by atoms with van der Waals surface area (Å²) >= 11 is 0. The first-order chi connectivity index (χ1) is 10.0. The van der Waals surface area contributed by atoms with Crippen LogP contribution in [0.5, 0.6) is 5.75 Å². The summed E-state index contributed by atoms with van der Waals surface area (Å²) < 4.78 is 40.2. The number of hydrogen-bond acceptors (Lipinski definition) is 2. The van der Waals surface area contributed by atoms with Crippen molar-refractivity contribution in [3.63, 3.8) is 0 Å². The van der Waals surface area contributed by atoms with E-state index in [9.17, 15) is 13.2 Å². The molecule has 0 aromatic heterocycles. The van der Waals surface area contributed by atoms with Crippen molar-refractivity contribution in [1.29, 1.82) is 0 Å². The van der Waals surface area contributed by atoms with E-state index < -0.39 is 6.36 Å². The molecule has 108 valence electrons. The van der Waals surface area contributed by atoms with Gasteiger partial charge in [-0.2, -0.15) is 0 Å². The van der Waals surface area contributed by atoms with Gasteiger partial charge in [0.2, 0.25) is 0 Å². The first-order valence-electron chi connectivity index (χ1n) is 6.40. The van der Waals surface area contributed by atoms with E-state index in [4.69, 9.17) is 0 Å². The lowest BCUT2D eigenvalue weighted by Crippen LogP contribution is -2.16. The molecule has 2 aromatic rings. The van der Waals surface area contributed by atoms with Crippen molar-refractivity contribution in [2.24, 2.45) is 0 Å². The van der Waals surface area contributed by atoms with Gasteiger partial charge >= 0.3 is 6.36 Å². The van der Waals surface area contributed by atoms with E-state index in [-0.39, 0.29) is 5.75 Å². The Balaban J connectivity index is 1.86. The molecule has 1 heterocycles. The number of ether oxygens (including phenoxy) is 1. The summed E-state index contributed by atoms with van der Waals surface area (Å²) in [5, 5.41) is 3.13. The highest BCUT2D eigenvalue weighted by Crippen LogP contribution is 2.28. The summed E-state index contributed by atoms with van der Waals surface area (Å²) in [6, 6.07) is 11.9. The Bertz CT molecular complexity index is 675. The predicted octanol–water partition coefficient (Wildman–Crippen LogP) is 4.33. The minimum absolute atomic E-state index is 0.214. The van der Waals surface area contributed by atoms with Crippen LogP contribution in [0.1, 0.15) is 11.1 Å². The molecule has 1 aliphatic rings.